The number of hydrogen-bond acceptors (Lipinski definition) is 6. The number of benzene rings is 1. The number of aromatic nitrogens is 3. The molecule has 2 aliphatic rings. The van der Waals surface area contributed by atoms with Crippen molar-refractivity contribution in [2.45, 2.75) is 64.0 Å². The van der Waals surface area contributed by atoms with E-state index >= 15 is 0 Å². The molecule has 6 nitrogen and oxygen atoms in total. The number of nitrogens with zero attached hydrogens (tertiary/aromatic N) is 4. The topological polar surface area (TPSA) is 62.5 Å². The van der Waals surface area contributed by atoms with Crippen LogP contribution in [0.15, 0.2) is 42.7 Å². The summed E-state index contributed by atoms with van der Waals surface area (Å²) in [6.07, 6.45) is 13.1. The number of ketones is 1. The number of Topliss-reactive ketones (excluding diaryl/α,β-unsaturated/α-hetero) is 1. The second-order valence-electron chi connectivity index (χ2n) is 10.1. The zero-order valence-electron chi connectivity index (χ0n) is 20.2. The Morgan fingerprint density at radius 2 is 1.91 bits per heavy atom. The maximum absolute atomic E-state index is 12.7. The molecule has 0 radical (unpaired) electrons. The van der Waals surface area contributed by atoms with Crippen LogP contribution in [0.3, 0.4) is 0 Å². The number of rotatable bonds is 10. The van der Waals surface area contributed by atoms with Crippen molar-refractivity contribution in [3.05, 3.63) is 54.0 Å². The van der Waals surface area contributed by atoms with Gasteiger partial charge in [0.2, 0.25) is 0 Å². The van der Waals surface area contributed by atoms with E-state index in [2.05, 4.69) is 50.1 Å². The Labute approximate surface area is 210 Å². The summed E-state index contributed by atoms with van der Waals surface area (Å²) in [5.74, 6) is 0.147. The van der Waals surface area contributed by atoms with Gasteiger partial charge < -0.3 is 10.2 Å². The number of thiazole rings is 1. The molecule has 182 valence electrons. The van der Waals surface area contributed by atoms with Gasteiger partial charge in [-0.2, -0.15) is 0 Å². The van der Waals surface area contributed by atoms with Gasteiger partial charge in [0.25, 0.3) is 0 Å². The van der Waals surface area contributed by atoms with E-state index in [1.54, 1.807) is 11.3 Å². The van der Waals surface area contributed by atoms with Crippen molar-refractivity contribution < 1.29 is 4.79 Å². The number of likely N-dealkylation sites (tertiary alicyclic amines) is 1. The Hall–Kier alpha value is -2.61. The van der Waals surface area contributed by atoms with Gasteiger partial charge in [0, 0.05) is 30.8 Å². The van der Waals surface area contributed by atoms with E-state index in [0.717, 1.165) is 58.4 Å². The highest BCUT2D eigenvalue weighted by Crippen LogP contribution is 2.30. The Balaban J connectivity index is 1.09. The van der Waals surface area contributed by atoms with Crippen LogP contribution in [0, 0.1) is 0 Å². The minimum Gasteiger partial charge on any atom is -0.310 e. The van der Waals surface area contributed by atoms with Crippen molar-refractivity contribution in [2.24, 2.45) is 0 Å². The first-order valence-electron chi connectivity index (χ1n) is 13.1. The van der Waals surface area contributed by atoms with E-state index in [-0.39, 0.29) is 5.78 Å². The first-order valence-corrected chi connectivity index (χ1v) is 13.9. The minimum atomic E-state index is 0.147. The number of pyridine rings is 1. The van der Waals surface area contributed by atoms with Gasteiger partial charge in [-0.25, -0.2) is 4.98 Å². The maximum Gasteiger partial charge on any atom is 0.195 e. The first-order chi connectivity index (χ1) is 17.2. The zero-order chi connectivity index (χ0) is 23.6. The lowest BCUT2D eigenvalue weighted by atomic mass is 10.1. The van der Waals surface area contributed by atoms with Crippen molar-refractivity contribution in [3.63, 3.8) is 0 Å². The molecule has 1 aliphatic carbocycles. The van der Waals surface area contributed by atoms with Crippen molar-refractivity contribution in [1.29, 1.82) is 0 Å². The van der Waals surface area contributed by atoms with E-state index in [1.165, 1.54) is 50.8 Å². The molecule has 1 aromatic carbocycles. The second kappa shape index (κ2) is 10.2. The molecule has 0 spiro atoms. The summed E-state index contributed by atoms with van der Waals surface area (Å²) >= 11 is 1.62. The summed E-state index contributed by atoms with van der Waals surface area (Å²) < 4.78 is 3.16. The quantitative estimate of drug-likeness (QED) is 0.230. The van der Waals surface area contributed by atoms with E-state index in [4.69, 9.17) is 4.98 Å². The molecule has 1 saturated carbocycles. The molecule has 2 fully saturated rings. The number of fused-ring (bicyclic) bond motifs is 3. The number of hydrogen-bond donors (Lipinski definition) is 1. The number of carbonyl (C=O) groups is 1. The maximum atomic E-state index is 12.7. The lowest BCUT2D eigenvalue weighted by Gasteiger charge is -2.26. The highest BCUT2D eigenvalue weighted by molar-refractivity contribution is 7.23. The molecule has 0 unspecified atom stereocenters. The molecular weight excluding hydrogens is 454 g/mol. The van der Waals surface area contributed by atoms with Crippen molar-refractivity contribution in [1.82, 2.24) is 24.6 Å². The Morgan fingerprint density at radius 1 is 1.09 bits per heavy atom. The molecule has 35 heavy (non-hydrogen) atoms. The number of piperidine rings is 1. The van der Waals surface area contributed by atoms with Gasteiger partial charge in [-0.1, -0.05) is 42.0 Å². The first kappa shape index (κ1) is 22.8. The fraction of sp³-hybridized carbons (Fsp3) is 0.464. The van der Waals surface area contributed by atoms with Crippen LogP contribution >= 0.6 is 11.3 Å². The summed E-state index contributed by atoms with van der Waals surface area (Å²) in [5, 5.41) is 3.56. The third kappa shape index (κ3) is 5.32. The molecule has 1 saturated heterocycles. The van der Waals surface area contributed by atoms with E-state index in [0.29, 0.717) is 12.1 Å². The fourth-order valence-electron chi connectivity index (χ4n) is 4.97. The van der Waals surface area contributed by atoms with Gasteiger partial charge in [-0.15, -0.1) is 0 Å². The van der Waals surface area contributed by atoms with Crippen LogP contribution in [0.4, 0.5) is 0 Å². The lowest BCUT2D eigenvalue weighted by molar-refractivity contribution is 0.0972. The van der Waals surface area contributed by atoms with Crippen LogP contribution < -0.4 is 5.32 Å². The van der Waals surface area contributed by atoms with Crippen molar-refractivity contribution in [2.75, 3.05) is 19.6 Å². The molecule has 4 heterocycles. The summed E-state index contributed by atoms with van der Waals surface area (Å²) in [6, 6.07) is 11.3. The monoisotopic (exact) mass is 487 g/mol. The Morgan fingerprint density at radius 3 is 2.71 bits per heavy atom. The molecule has 0 atom stereocenters. The average molecular weight is 488 g/mol. The molecule has 7 heteroatoms. The highest BCUT2D eigenvalue weighted by Gasteiger charge is 2.20. The molecule has 3 aromatic heterocycles. The Kier molecular flexibility index (Phi) is 6.63. The summed E-state index contributed by atoms with van der Waals surface area (Å²) in [4.78, 5) is 25.6. The predicted octanol–water partition coefficient (Wildman–Crippen LogP) is 5.70. The summed E-state index contributed by atoms with van der Waals surface area (Å²) in [7, 11) is 0. The average Bonchev–Trinajstić information content (AvgIpc) is 3.54. The normalized spacial score (nSPS) is 16.9. The smallest absolute Gasteiger partial charge is 0.195 e. The molecule has 6 rings (SSSR count). The fourth-order valence-corrected chi connectivity index (χ4v) is 5.98. The van der Waals surface area contributed by atoms with Crippen LogP contribution in [0.5, 0.6) is 0 Å². The number of unbranched alkanes of at least 4 members (excludes halogenated alkanes) is 1. The molecule has 0 bridgehead atoms. The van der Waals surface area contributed by atoms with Crippen LogP contribution in [0.2, 0.25) is 0 Å². The minimum absolute atomic E-state index is 0.147. The van der Waals surface area contributed by atoms with Gasteiger partial charge in [0.1, 0.15) is 5.69 Å². The van der Waals surface area contributed by atoms with Crippen LogP contribution in [0.1, 0.15) is 67.4 Å². The molecule has 1 aliphatic heterocycles. The van der Waals surface area contributed by atoms with E-state index in [9.17, 15) is 4.79 Å². The highest BCUT2D eigenvalue weighted by atomic mass is 32.1. The third-order valence-electron chi connectivity index (χ3n) is 7.26. The standard InChI is InChI=1S/C28H33N5OS/c34-26(6-2-5-15-32-13-3-1-4-14-32)23-16-27-25(18-30-23)33-19-24(31-28(33)35-27)21-9-7-20(8-10-21)17-29-22-11-12-22/h7-10,16,18-19,22,29H,1-6,11-15,17H2. The van der Waals surface area contributed by atoms with Crippen LogP contribution in [0.25, 0.3) is 26.4 Å². The summed E-state index contributed by atoms with van der Waals surface area (Å²) in [6.45, 7) is 4.48. The van der Waals surface area contributed by atoms with Crippen molar-refractivity contribution >= 4 is 32.3 Å². The Bertz CT molecular complexity index is 1310. The molecular formula is C28H33N5OS. The van der Waals surface area contributed by atoms with Crippen molar-refractivity contribution in [3.8, 4) is 11.3 Å². The van der Waals surface area contributed by atoms with E-state index in [1.807, 2.05) is 12.3 Å². The number of carbonyl (C=O) groups excluding carboxylic acids is 1. The second-order valence-corrected chi connectivity index (χ2v) is 11.1. The summed E-state index contributed by atoms with van der Waals surface area (Å²) in [5.41, 5.74) is 4.98. The molecule has 1 N–H and O–H groups in total. The largest absolute Gasteiger partial charge is 0.310 e. The number of nitrogens with one attached hydrogen (secondary N) is 1. The van der Waals surface area contributed by atoms with Gasteiger partial charge in [-0.05, 0) is 69.8 Å². The molecule has 0 amide bonds. The van der Waals surface area contributed by atoms with Gasteiger partial charge in [0.05, 0.1) is 22.1 Å². The van der Waals surface area contributed by atoms with Crippen LogP contribution in [-0.2, 0) is 6.54 Å². The van der Waals surface area contributed by atoms with Crippen LogP contribution in [-0.4, -0.2) is 50.7 Å². The lowest BCUT2D eigenvalue weighted by Crippen LogP contribution is -2.30. The third-order valence-corrected chi connectivity index (χ3v) is 8.28. The molecule has 4 aromatic rings. The van der Waals surface area contributed by atoms with Gasteiger partial charge in [-0.3, -0.25) is 14.2 Å². The predicted molar refractivity (Wildman–Crippen MR) is 142 cm³/mol. The number of imidazole rings is 1. The van der Waals surface area contributed by atoms with E-state index < -0.39 is 0 Å². The van der Waals surface area contributed by atoms with Gasteiger partial charge in [0.15, 0.2) is 10.7 Å². The van der Waals surface area contributed by atoms with Gasteiger partial charge >= 0.3 is 0 Å². The zero-order valence-corrected chi connectivity index (χ0v) is 21.0. The SMILES string of the molecule is O=C(CCCCN1CCCCC1)c1cc2sc3nc(-c4ccc(CNC5CC5)cc4)cn3c2cn1.